The van der Waals surface area contributed by atoms with E-state index in [2.05, 4.69) is 26.1 Å². The summed E-state index contributed by atoms with van der Waals surface area (Å²) in [5.74, 6) is -0.742. The zero-order valence-corrected chi connectivity index (χ0v) is 12.1. The maximum absolute atomic E-state index is 10.9. The van der Waals surface area contributed by atoms with Crippen molar-refractivity contribution in [1.82, 2.24) is 5.32 Å². The first-order valence-electron chi connectivity index (χ1n) is 6.65. The Bertz CT molecular complexity index is 234. The fraction of sp³-hybridized carbons (Fsp3) is 0.929. The van der Waals surface area contributed by atoms with Crippen LogP contribution >= 0.6 is 0 Å². The van der Waals surface area contributed by atoms with Crippen molar-refractivity contribution in [2.75, 3.05) is 13.1 Å². The first-order chi connectivity index (χ1) is 7.71. The molecule has 3 heteroatoms. The molecule has 2 N–H and O–H groups in total. The van der Waals surface area contributed by atoms with Gasteiger partial charge in [0.15, 0.2) is 0 Å². The van der Waals surface area contributed by atoms with Crippen LogP contribution < -0.4 is 5.32 Å². The van der Waals surface area contributed by atoms with Gasteiger partial charge in [-0.25, -0.2) is 0 Å². The summed E-state index contributed by atoms with van der Waals surface area (Å²) in [4.78, 5) is 10.9. The lowest BCUT2D eigenvalue weighted by Crippen LogP contribution is -2.40. The number of unbranched alkanes of at least 4 members (excludes halogenated alkanes) is 2. The highest BCUT2D eigenvalue weighted by Gasteiger charge is 2.27. The number of carbonyl (C=O) groups is 1. The predicted octanol–water partition coefficient (Wildman–Crippen LogP) is 3.29. The van der Waals surface area contributed by atoms with Crippen LogP contribution in [0.25, 0.3) is 0 Å². The Morgan fingerprint density at radius 2 is 1.71 bits per heavy atom. The van der Waals surface area contributed by atoms with Crippen LogP contribution in [-0.2, 0) is 4.79 Å². The average molecular weight is 243 g/mol. The number of carboxylic acid groups (broad SMARTS) is 1. The second-order valence-electron chi connectivity index (χ2n) is 6.41. The third kappa shape index (κ3) is 7.37. The van der Waals surface area contributed by atoms with Crippen molar-refractivity contribution < 1.29 is 9.90 Å². The molecule has 0 aromatic rings. The molecule has 17 heavy (non-hydrogen) atoms. The predicted molar refractivity (Wildman–Crippen MR) is 72.2 cm³/mol. The molecule has 0 amide bonds. The molecule has 0 saturated heterocycles. The molecule has 0 spiro atoms. The Morgan fingerprint density at radius 3 is 2.18 bits per heavy atom. The first-order valence-corrected chi connectivity index (χ1v) is 6.65. The lowest BCUT2D eigenvalue weighted by Gasteiger charge is -2.27. The normalized spacial score (nSPS) is 12.8. The van der Waals surface area contributed by atoms with Gasteiger partial charge >= 0.3 is 5.97 Å². The molecule has 0 saturated carbocycles. The highest BCUT2D eigenvalue weighted by Crippen LogP contribution is 2.23. The average Bonchev–Trinajstić information content (AvgIpc) is 2.16. The van der Waals surface area contributed by atoms with Gasteiger partial charge < -0.3 is 10.4 Å². The van der Waals surface area contributed by atoms with Crippen molar-refractivity contribution in [1.29, 1.82) is 0 Å². The van der Waals surface area contributed by atoms with E-state index in [0.29, 0.717) is 6.54 Å². The smallest absolute Gasteiger partial charge is 0.310 e. The number of carboxylic acids is 1. The zero-order valence-electron chi connectivity index (χ0n) is 12.1. The van der Waals surface area contributed by atoms with Crippen LogP contribution in [0.4, 0.5) is 0 Å². The second kappa shape index (κ2) is 7.00. The minimum Gasteiger partial charge on any atom is -0.481 e. The Kier molecular flexibility index (Phi) is 6.76. The summed E-state index contributed by atoms with van der Waals surface area (Å²) in [5, 5.41) is 12.3. The first kappa shape index (κ1) is 16.4. The van der Waals surface area contributed by atoms with Crippen LogP contribution in [0.5, 0.6) is 0 Å². The van der Waals surface area contributed by atoms with E-state index < -0.39 is 11.4 Å². The van der Waals surface area contributed by atoms with Gasteiger partial charge in [0.1, 0.15) is 0 Å². The lowest BCUT2D eigenvalue weighted by molar-refractivity contribution is -0.146. The third-order valence-corrected chi connectivity index (χ3v) is 3.21. The molecule has 0 aliphatic rings. The maximum atomic E-state index is 10.9. The second-order valence-corrected chi connectivity index (χ2v) is 6.41. The maximum Gasteiger partial charge on any atom is 0.310 e. The highest BCUT2D eigenvalue weighted by molar-refractivity contribution is 5.73. The Morgan fingerprint density at radius 1 is 1.12 bits per heavy atom. The van der Waals surface area contributed by atoms with Gasteiger partial charge in [-0.1, -0.05) is 40.0 Å². The van der Waals surface area contributed by atoms with Crippen molar-refractivity contribution in [3.63, 3.8) is 0 Å². The van der Waals surface area contributed by atoms with Crippen molar-refractivity contribution in [3.05, 3.63) is 0 Å². The minimum atomic E-state index is -0.742. The molecule has 0 aromatic carbocycles. The third-order valence-electron chi connectivity index (χ3n) is 3.21. The SMILES string of the molecule is CCCCCC(C)(C)CNCC(C)(C)C(=O)O. The number of nitrogens with one attached hydrogen (secondary N) is 1. The van der Waals surface area contributed by atoms with Crippen LogP contribution in [0, 0.1) is 10.8 Å². The van der Waals surface area contributed by atoms with Gasteiger partial charge in [0.25, 0.3) is 0 Å². The molecule has 102 valence electrons. The molecule has 0 heterocycles. The zero-order chi connectivity index (χ0) is 13.5. The fourth-order valence-electron chi connectivity index (χ4n) is 1.73. The van der Waals surface area contributed by atoms with Crippen LogP contribution in [0.3, 0.4) is 0 Å². The van der Waals surface area contributed by atoms with E-state index in [1.807, 2.05) is 0 Å². The molecule has 0 radical (unpaired) electrons. The van der Waals surface area contributed by atoms with Gasteiger partial charge in [0.2, 0.25) is 0 Å². The minimum absolute atomic E-state index is 0.254. The molecule has 0 bridgehead atoms. The van der Waals surface area contributed by atoms with Crippen molar-refractivity contribution >= 4 is 5.97 Å². The summed E-state index contributed by atoms with van der Waals surface area (Å²) in [6, 6.07) is 0. The fourth-order valence-corrected chi connectivity index (χ4v) is 1.73. The van der Waals surface area contributed by atoms with E-state index in [4.69, 9.17) is 5.11 Å². The van der Waals surface area contributed by atoms with Gasteiger partial charge in [0.05, 0.1) is 5.41 Å². The molecule has 0 fully saturated rings. The molecule has 0 aliphatic carbocycles. The van der Waals surface area contributed by atoms with Crippen molar-refractivity contribution in [2.45, 2.75) is 60.3 Å². The van der Waals surface area contributed by atoms with E-state index in [1.165, 1.54) is 25.7 Å². The summed E-state index contributed by atoms with van der Waals surface area (Å²) < 4.78 is 0. The van der Waals surface area contributed by atoms with E-state index in [1.54, 1.807) is 13.8 Å². The lowest BCUT2D eigenvalue weighted by atomic mass is 9.86. The van der Waals surface area contributed by atoms with Gasteiger partial charge in [0, 0.05) is 13.1 Å². The quantitative estimate of drug-likeness (QED) is 0.611. The van der Waals surface area contributed by atoms with Crippen LogP contribution in [0.15, 0.2) is 0 Å². The Balaban J connectivity index is 3.90. The van der Waals surface area contributed by atoms with Gasteiger partial charge in [-0.15, -0.1) is 0 Å². The number of hydrogen-bond donors (Lipinski definition) is 2. The molecule has 0 rings (SSSR count). The standard InChI is InChI=1S/C14H29NO2/c1-6-7-8-9-13(2,3)10-15-11-14(4,5)12(16)17/h15H,6-11H2,1-5H3,(H,16,17). The molecule has 0 atom stereocenters. The molecular formula is C14H29NO2. The van der Waals surface area contributed by atoms with Crippen molar-refractivity contribution in [3.8, 4) is 0 Å². The van der Waals surface area contributed by atoms with Crippen molar-refractivity contribution in [2.24, 2.45) is 10.8 Å². The van der Waals surface area contributed by atoms with E-state index >= 15 is 0 Å². The highest BCUT2D eigenvalue weighted by atomic mass is 16.4. The van der Waals surface area contributed by atoms with Crippen LogP contribution in [0.2, 0.25) is 0 Å². The summed E-state index contributed by atoms with van der Waals surface area (Å²) in [6.45, 7) is 11.6. The number of aliphatic carboxylic acids is 1. The number of hydrogen-bond acceptors (Lipinski definition) is 2. The molecule has 0 aliphatic heterocycles. The Hall–Kier alpha value is -0.570. The van der Waals surface area contributed by atoms with Crippen LogP contribution in [-0.4, -0.2) is 24.2 Å². The van der Waals surface area contributed by atoms with Crippen LogP contribution in [0.1, 0.15) is 60.3 Å². The summed E-state index contributed by atoms with van der Waals surface area (Å²) in [5.41, 5.74) is -0.427. The monoisotopic (exact) mass is 243 g/mol. The Labute approximate surface area is 106 Å². The largest absolute Gasteiger partial charge is 0.481 e. The molecule has 0 aromatic heterocycles. The van der Waals surface area contributed by atoms with E-state index in [0.717, 1.165) is 6.54 Å². The summed E-state index contributed by atoms with van der Waals surface area (Å²) >= 11 is 0. The summed E-state index contributed by atoms with van der Waals surface area (Å²) in [6.07, 6.45) is 4.98. The number of rotatable bonds is 9. The van der Waals surface area contributed by atoms with Gasteiger partial charge in [-0.2, -0.15) is 0 Å². The molecular weight excluding hydrogens is 214 g/mol. The van der Waals surface area contributed by atoms with E-state index in [-0.39, 0.29) is 5.41 Å². The van der Waals surface area contributed by atoms with Gasteiger partial charge in [-0.05, 0) is 25.7 Å². The molecule has 3 nitrogen and oxygen atoms in total. The molecule has 0 unspecified atom stereocenters. The topological polar surface area (TPSA) is 49.3 Å². The van der Waals surface area contributed by atoms with E-state index in [9.17, 15) is 4.79 Å². The summed E-state index contributed by atoms with van der Waals surface area (Å²) in [7, 11) is 0. The van der Waals surface area contributed by atoms with Gasteiger partial charge in [-0.3, -0.25) is 4.79 Å².